The lowest BCUT2D eigenvalue weighted by molar-refractivity contribution is -0.120. The maximum Gasteiger partial charge on any atom is 0.340 e. The molecule has 0 aliphatic rings. The SMILES string of the molecule is CC(=O)COC(=O)c1ccccc1NS(=O)(=O)c1ccc(Cl)c(Cl)c1. The van der Waals surface area contributed by atoms with E-state index in [1.54, 1.807) is 12.1 Å². The number of hydrogen-bond donors (Lipinski definition) is 1. The van der Waals surface area contributed by atoms with Gasteiger partial charge in [-0.15, -0.1) is 0 Å². The van der Waals surface area contributed by atoms with Crippen LogP contribution in [0.4, 0.5) is 5.69 Å². The second-order valence-corrected chi connectivity index (χ2v) is 7.50. The topological polar surface area (TPSA) is 89.5 Å². The fourth-order valence-corrected chi connectivity index (χ4v) is 3.31. The summed E-state index contributed by atoms with van der Waals surface area (Å²) in [6, 6.07) is 9.71. The monoisotopic (exact) mass is 401 g/mol. The van der Waals surface area contributed by atoms with E-state index in [1.807, 2.05) is 0 Å². The van der Waals surface area contributed by atoms with Gasteiger partial charge >= 0.3 is 5.97 Å². The van der Waals surface area contributed by atoms with Gasteiger partial charge in [-0.25, -0.2) is 13.2 Å². The van der Waals surface area contributed by atoms with Crippen LogP contribution in [0.15, 0.2) is 47.4 Å². The summed E-state index contributed by atoms with van der Waals surface area (Å²) in [7, 11) is -4.01. The number of hydrogen-bond acceptors (Lipinski definition) is 5. The highest BCUT2D eigenvalue weighted by molar-refractivity contribution is 7.92. The Labute approximate surface area is 154 Å². The van der Waals surface area contributed by atoms with Crippen molar-refractivity contribution in [1.82, 2.24) is 0 Å². The van der Waals surface area contributed by atoms with Crippen LogP contribution in [0, 0.1) is 0 Å². The first kappa shape index (κ1) is 19.2. The number of nitrogens with one attached hydrogen (secondary N) is 1. The maximum absolute atomic E-state index is 12.5. The van der Waals surface area contributed by atoms with Crippen molar-refractivity contribution >= 4 is 50.7 Å². The fraction of sp³-hybridized carbons (Fsp3) is 0.125. The molecule has 25 heavy (non-hydrogen) atoms. The van der Waals surface area contributed by atoms with Gasteiger partial charge in [0.1, 0.15) is 6.61 Å². The van der Waals surface area contributed by atoms with Gasteiger partial charge in [0.25, 0.3) is 10.0 Å². The van der Waals surface area contributed by atoms with Crippen molar-refractivity contribution in [1.29, 1.82) is 0 Å². The number of ketones is 1. The van der Waals surface area contributed by atoms with E-state index in [-0.39, 0.29) is 32.0 Å². The Kier molecular flexibility index (Phi) is 6.05. The van der Waals surface area contributed by atoms with E-state index >= 15 is 0 Å². The van der Waals surface area contributed by atoms with E-state index in [4.69, 9.17) is 27.9 Å². The van der Waals surface area contributed by atoms with Gasteiger partial charge in [0.2, 0.25) is 0 Å². The molecule has 0 bridgehead atoms. The van der Waals surface area contributed by atoms with Crippen molar-refractivity contribution in [3.8, 4) is 0 Å². The zero-order valence-corrected chi connectivity index (χ0v) is 15.3. The summed E-state index contributed by atoms with van der Waals surface area (Å²) >= 11 is 11.6. The average Bonchev–Trinajstić information content (AvgIpc) is 2.55. The van der Waals surface area contributed by atoms with Crippen LogP contribution in [-0.4, -0.2) is 26.8 Å². The maximum atomic E-state index is 12.5. The van der Waals surface area contributed by atoms with Crippen LogP contribution >= 0.6 is 23.2 Å². The highest BCUT2D eigenvalue weighted by Crippen LogP contribution is 2.27. The van der Waals surface area contributed by atoms with Crippen molar-refractivity contribution in [2.45, 2.75) is 11.8 Å². The van der Waals surface area contributed by atoms with Crippen LogP contribution in [0.1, 0.15) is 17.3 Å². The minimum absolute atomic E-state index is 0.0159. The smallest absolute Gasteiger partial charge is 0.340 e. The number of para-hydroxylation sites is 1. The number of carbonyl (C=O) groups is 2. The molecule has 132 valence electrons. The summed E-state index contributed by atoms with van der Waals surface area (Å²) in [5.41, 5.74) is -0.00508. The summed E-state index contributed by atoms with van der Waals surface area (Å²) in [5, 5.41) is 0.299. The molecule has 6 nitrogen and oxygen atoms in total. The number of sulfonamides is 1. The molecule has 0 fully saturated rings. The lowest BCUT2D eigenvalue weighted by Crippen LogP contribution is -2.17. The van der Waals surface area contributed by atoms with E-state index in [9.17, 15) is 18.0 Å². The molecule has 2 rings (SSSR count). The van der Waals surface area contributed by atoms with Crippen LogP contribution in [0.5, 0.6) is 0 Å². The Hall–Kier alpha value is -2.09. The minimum Gasteiger partial charge on any atom is -0.454 e. The molecule has 0 aliphatic carbocycles. The Balaban J connectivity index is 2.31. The van der Waals surface area contributed by atoms with Crippen LogP contribution in [0.2, 0.25) is 10.0 Å². The zero-order chi connectivity index (χ0) is 18.6. The van der Waals surface area contributed by atoms with E-state index < -0.39 is 22.6 Å². The van der Waals surface area contributed by atoms with Gasteiger partial charge in [0, 0.05) is 0 Å². The van der Waals surface area contributed by atoms with Crippen LogP contribution in [0.25, 0.3) is 0 Å². The normalized spacial score (nSPS) is 11.0. The third-order valence-electron chi connectivity index (χ3n) is 3.00. The molecule has 0 heterocycles. The number of anilines is 1. The first-order valence-electron chi connectivity index (χ1n) is 6.94. The molecule has 2 aromatic carbocycles. The van der Waals surface area contributed by atoms with Gasteiger partial charge < -0.3 is 4.74 Å². The van der Waals surface area contributed by atoms with Gasteiger partial charge in [-0.05, 0) is 37.3 Å². The summed E-state index contributed by atoms with van der Waals surface area (Å²) < 4.78 is 32.1. The third kappa shape index (κ3) is 4.94. The molecule has 1 N–H and O–H groups in total. The Morgan fingerprint density at radius 3 is 2.40 bits per heavy atom. The van der Waals surface area contributed by atoms with Crippen molar-refractivity contribution in [2.75, 3.05) is 11.3 Å². The van der Waals surface area contributed by atoms with Gasteiger partial charge in [-0.2, -0.15) is 0 Å². The Morgan fingerprint density at radius 1 is 1.08 bits per heavy atom. The number of esters is 1. The molecule has 0 saturated carbocycles. The molecule has 0 saturated heterocycles. The van der Waals surface area contributed by atoms with Crippen LogP contribution in [0.3, 0.4) is 0 Å². The lowest BCUT2D eigenvalue weighted by atomic mass is 10.2. The van der Waals surface area contributed by atoms with Gasteiger partial charge in [-0.3, -0.25) is 9.52 Å². The van der Waals surface area contributed by atoms with Crippen LogP contribution in [-0.2, 0) is 19.6 Å². The largest absolute Gasteiger partial charge is 0.454 e. The number of Topliss-reactive ketones (excluding diaryl/α,β-unsaturated/α-hetero) is 1. The summed E-state index contributed by atoms with van der Waals surface area (Å²) in [6.45, 7) is 0.874. The lowest BCUT2D eigenvalue weighted by Gasteiger charge is -2.12. The third-order valence-corrected chi connectivity index (χ3v) is 5.10. The number of carbonyl (C=O) groups excluding carboxylic acids is 2. The molecule has 0 atom stereocenters. The Bertz CT molecular complexity index is 928. The van der Waals surface area contributed by atoms with Gasteiger partial charge in [0.15, 0.2) is 5.78 Å². The van der Waals surface area contributed by atoms with Crippen molar-refractivity contribution in [3.05, 3.63) is 58.1 Å². The summed E-state index contributed by atoms with van der Waals surface area (Å²) in [4.78, 5) is 22.9. The highest BCUT2D eigenvalue weighted by Gasteiger charge is 2.20. The number of benzene rings is 2. The number of rotatable bonds is 6. The first-order valence-corrected chi connectivity index (χ1v) is 9.18. The molecule has 2 aromatic rings. The van der Waals surface area contributed by atoms with Crippen LogP contribution < -0.4 is 4.72 Å². The first-order chi connectivity index (χ1) is 11.7. The highest BCUT2D eigenvalue weighted by atomic mass is 35.5. The second kappa shape index (κ2) is 7.86. The molecule has 0 aromatic heterocycles. The molecule has 0 spiro atoms. The van der Waals surface area contributed by atoms with Crippen molar-refractivity contribution < 1.29 is 22.7 Å². The molecule has 0 amide bonds. The quantitative estimate of drug-likeness (QED) is 0.747. The zero-order valence-electron chi connectivity index (χ0n) is 13.0. The van der Waals surface area contributed by atoms with E-state index in [0.717, 1.165) is 0 Å². The Morgan fingerprint density at radius 2 is 1.76 bits per heavy atom. The second-order valence-electron chi connectivity index (χ2n) is 5.01. The molecule has 0 unspecified atom stereocenters. The standard InChI is InChI=1S/C16H13Cl2NO5S/c1-10(20)9-24-16(21)12-4-2-3-5-15(12)19-25(22,23)11-6-7-13(17)14(18)8-11/h2-8,19H,9H2,1H3. The van der Waals surface area contributed by atoms with Gasteiger partial charge in [0.05, 0.1) is 26.2 Å². The predicted octanol–water partition coefficient (Wildman–Crippen LogP) is 3.54. The number of halogens is 2. The minimum atomic E-state index is -4.01. The van der Waals surface area contributed by atoms with E-state index in [2.05, 4.69) is 4.72 Å². The summed E-state index contributed by atoms with van der Waals surface area (Å²) in [5.74, 6) is -1.15. The van der Waals surface area contributed by atoms with Crippen molar-refractivity contribution in [3.63, 3.8) is 0 Å². The molecule has 0 radical (unpaired) electrons. The molecule has 0 aliphatic heterocycles. The van der Waals surface area contributed by atoms with E-state index in [1.165, 1.54) is 37.3 Å². The van der Waals surface area contributed by atoms with Crippen molar-refractivity contribution in [2.24, 2.45) is 0 Å². The molecule has 9 heteroatoms. The fourth-order valence-electron chi connectivity index (χ4n) is 1.84. The van der Waals surface area contributed by atoms with E-state index in [0.29, 0.717) is 0 Å². The molecular formula is C16H13Cl2NO5S. The number of ether oxygens (including phenoxy) is 1. The van der Waals surface area contributed by atoms with Gasteiger partial charge in [-0.1, -0.05) is 35.3 Å². The average molecular weight is 402 g/mol. The summed E-state index contributed by atoms with van der Waals surface area (Å²) in [6.07, 6.45) is 0. The molecular weight excluding hydrogens is 389 g/mol. The predicted molar refractivity (Wildman–Crippen MR) is 94.7 cm³/mol.